The Balaban J connectivity index is 1.36. The fourth-order valence-electron chi connectivity index (χ4n) is 9.62. The number of hydrogen-bond donors (Lipinski definition) is 3. The van der Waals surface area contributed by atoms with E-state index >= 15 is 0 Å². The van der Waals surface area contributed by atoms with Crippen molar-refractivity contribution in [3.63, 3.8) is 0 Å². The Bertz CT molecular complexity index is 911. The lowest BCUT2D eigenvalue weighted by Gasteiger charge is -2.62. The van der Waals surface area contributed by atoms with E-state index < -0.39 is 5.97 Å². The topological polar surface area (TPSA) is 118 Å². The lowest BCUT2D eigenvalue weighted by atomic mass is 9.43. The van der Waals surface area contributed by atoms with Gasteiger partial charge in [-0.15, -0.1) is 0 Å². The highest BCUT2D eigenvalue weighted by Gasteiger charge is 2.62. The molecule has 4 saturated carbocycles. The Morgan fingerprint density at radius 2 is 1.50 bits per heavy atom. The highest BCUT2D eigenvalue weighted by atomic mass is 16.4. The molecule has 3 N–H and O–H groups in total. The van der Waals surface area contributed by atoms with Gasteiger partial charge in [0.05, 0.1) is 18.8 Å². The van der Waals surface area contributed by atoms with Crippen LogP contribution >= 0.6 is 0 Å². The van der Waals surface area contributed by atoms with Gasteiger partial charge in [-0.1, -0.05) is 20.8 Å². The van der Waals surface area contributed by atoms with E-state index in [1.807, 2.05) is 0 Å². The van der Waals surface area contributed by atoms with Crippen LogP contribution in [0.5, 0.6) is 0 Å². The quantitative estimate of drug-likeness (QED) is 0.439. The van der Waals surface area contributed by atoms with Crippen molar-refractivity contribution in [2.24, 2.45) is 46.3 Å². The zero-order chi connectivity index (χ0) is 28.0. The zero-order valence-electron chi connectivity index (χ0n) is 24.1. The maximum atomic E-state index is 12.8. The monoisotopic (exact) mass is 534 g/mol. The van der Waals surface area contributed by atoms with Crippen molar-refractivity contribution in [2.45, 2.75) is 97.2 Å². The standard InChI is InChI=1S/C30H50N2O6/c1-18(6-9-25(35)31(4)16-26(36)32(5)17-27(37)38)21-7-8-22-28-23(11-13-30(21,22)3)29(2)12-10-20(33)14-19(29)15-24(28)34/h18-24,28,33-34H,6-17H2,1-5H3,(H,37,38). The Morgan fingerprint density at radius 1 is 0.868 bits per heavy atom. The van der Waals surface area contributed by atoms with Crippen LogP contribution in [0.3, 0.4) is 0 Å². The summed E-state index contributed by atoms with van der Waals surface area (Å²) < 4.78 is 0. The van der Waals surface area contributed by atoms with E-state index in [-0.39, 0.29) is 47.9 Å². The molecule has 8 nitrogen and oxygen atoms in total. The van der Waals surface area contributed by atoms with Crippen molar-refractivity contribution in [3.8, 4) is 0 Å². The highest BCUT2D eigenvalue weighted by molar-refractivity contribution is 5.86. The van der Waals surface area contributed by atoms with Gasteiger partial charge in [-0.05, 0) is 104 Å². The van der Waals surface area contributed by atoms with E-state index in [0.29, 0.717) is 41.9 Å². The third kappa shape index (κ3) is 5.36. The molecule has 2 amide bonds. The summed E-state index contributed by atoms with van der Waals surface area (Å²) in [6, 6.07) is 0. The second kappa shape index (κ2) is 11.1. The number of carboxylic acids is 1. The van der Waals surface area contributed by atoms with Crippen LogP contribution in [0.2, 0.25) is 0 Å². The minimum atomic E-state index is -1.08. The Kier molecular flexibility index (Phi) is 8.54. The Morgan fingerprint density at radius 3 is 2.18 bits per heavy atom. The SMILES string of the molecule is CC(CCC(=O)N(C)CC(=O)N(C)CC(=O)O)C1CCC2C3C(O)CC4CC(O)CCC4(C)C3CCC12C. The number of aliphatic hydroxyl groups is 2. The molecule has 4 fully saturated rings. The molecular weight excluding hydrogens is 484 g/mol. The number of rotatable bonds is 8. The van der Waals surface area contributed by atoms with Crippen molar-refractivity contribution in [3.05, 3.63) is 0 Å². The normalized spacial score (nSPS) is 40.9. The first-order chi connectivity index (χ1) is 17.8. The van der Waals surface area contributed by atoms with Crippen molar-refractivity contribution in [1.82, 2.24) is 9.80 Å². The van der Waals surface area contributed by atoms with Crippen LogP contribution in [0.4, 0.5) is 0 Å². The first-order valence-electron chi connectivity index (χ1n) is 14.8. The van der Waals surface area contributed by atoms with Crippen molar-refractivity contribution < 1.29 is 29.7 Å². The van der Waals surface area contributed by atoms with Crippen LogP contribution in [0.15, 0.2) is 0 Å². The molecule has 0 aliphatic heterocycles. The van der Waals surface area contributed by atoms with Gasteiger partial charge in [0.25, 0.3) is 0 Å². The number of aliphatic carboxylic acids is 1. The summed E-state index contributed by atoms with van der Waals surface area (Å²) in [6.07, 6.45) is 8.86. The van der Waals surface area contributed by atoms with Gasteiger partial charge in [0, 0.05) is 20.5 Å². The highest BCUT2D eigenvalue weighted by Crippen LogP contribution is 2.68. The van der Waals surface area contributed by atoms with E-state index in [9.17, 15) is 24.6 Å². The van der Waals surface area contributed by atoms with Gasteiger partial charge in [0.15, 0.2) is 0 Å². The molecule has 0 aromatic heterocycles. The van der Waals surface area contributed by atoms with Crippen LogP contribution in [-0.4, -0.2) is 82.3 Å². The average molecular weight is 535 g/mol. The molecule has 0 spiro atoms. The lowest BCUT2D eigenvalue weighted by Crippen LogP contribution is -2.58. The molecule has 4 aliphatic rings. The molecule has 38 heavy (non-hydrogen) atoms. The molecule has 216 valence electrons. The predicted molar refractivity (Wildman–Crippen MR) is 144 cm³/mol. The molecule has 4 aliphatic carbocycles. The van der Waals surface area contributed by atoms with Crippen molar-refractivity contribution >= 4 is 17.8 Å². The van der Waals surface area contributed by atoms with Gasteiger partial charge in [-0.2, -0.15) is 0 Å². The number of fused-ring (bicyclic) bond motifs is 5. The Hall–Kier alpha value is -1.67. The molecule has 10 unspecified atom stereocenters. The second-order valence-corrected chi connectivity index (χ2v) is 13.9. The summed E-state index contributed by atoms with van der Waals surface area (Å²) in [5.74, 6) is 1.14. The van der Waals surface area contributed by atoms with Gasteiger partial charge in [0.2, 0.25) is 11.8 Å². The number of likely N-dealkylation sites (N-methyl/N-ethyl adjacent to an activating group) is 2. The fraction of sp³-hybridized carbons (Fsp3) is 0.900. The molecule has 0 aromatic rings. The van der Waals surface area contributed by atoms with Gasteiger partial charge in [-0.25, -0.2) is 0 Å². The molecule has 0 radical (unpaired) electrons. The summed E-state index contributed by atoms with van der Waals surface area (Å²) in [5, 5.41) is 30.6. The number of amides is 2. The summed E-state index contributed by atoms with van der Waals surface area (Å²) >= 11 is 0. The molecule has 0 bridgehead atoms. The maximum Gasteiger partial charge on any atom is 0.323 e. The van der Waals surface area contributed by atoms with Crippen LogP contribution < -0.4 is 0 Å². The van der Waals surface area contributed by atoms with Crippen LogP contribution in [0.25, 0.3) is 0 Å². The van der Waals surface area contributed by atoms with Crippen molar-refractivity contribution in [2.75, 3.05) is 27.2 Å². The molecular formula is C30H50N2O6. The minimum Gasteiger partial charge on any atom is -0.480 e. The van der Waals surface area contributed by atoms with Crippen LogP contribution in [-0.2, 0) is 14.4 Å². The second-order valence-electron chi connectivity index (χ2n) is 13.9. The lowest BCUT2D eigenvalue weighted by molar-refractivity contribution is -0.174. The molecule has 10 atom stereocenters. The van der Waals surface area contributed by atoms with E-state index in [4.69, 9.17) is 5.11 Å². The van der Waals surface area contributed by atoms with E-state index in [1.54, 1.807) is 7.05 Å². The van der Waals surface area contributed by atoms with Crippen LogP contribution in [0, 0.1) is 46.3 Å². The van der Waals surface area contributed by atoms with E-state index in [1.165, 1.54) is 18.4 Å². The number of nitrogens with zero attached hydrogens (tertiary/aromatic N) is 2. The number of hydrogen-bond acceptors (Lipinski definition) is 5. The largest absolute Gasteiger partial charge is 0.480 e. The number of carbonyl (C=O) groups is 3. The number of carboxylic acid groups (broad SMARTS) is 1. The third-order valence-corrected chi connectivity index (χ3v) is 11.8. The van der Waals surface area contributed by atoms with E-state index in [2.05, 4.69) is 20.8 Å². The van der Waals surface area contributed by atoms with Gasteiger partial charge in [-0.3, -0.25) is 14.4 Å². The third-order valence-electron chi connectivity index (χ3n) is 11.8. The van der Waals surface area contributed by atoms with Gasteiger partial charge >= 0.3 is 5.97 Å². The maximum absolute atomic E-state index is 12.8. The fourth-order valence-corrected chi connectivity index (χ4v) is 9.62. The summed E-state index contributed by atoms with van der Waals surface area (Å²) in [6.45, 7) is 6.66. The smallest absolute Gasteiger partial charge is 0.323 e. The average Bonchev–Trinajstić information content (AvgIpc) is 3.20. The molecule has 0 saturated heterocycles. The summed E-state index contributed by atoms with van der Waals surface area (Å²) in [7, 11) is 3.04. The van der Waals surface area contributed by atoms with Crippen molar-refractivity contribution in [1.29, 1.82) is 0 Å². The van der Waals surface area contributed by atoms with Gasteiger partial charge < -0.3 is 25.1 Å². The Labute approximate surface area is 228 Å². The minimum absolute atomic E-state index is 0.0847. The number of aliphatic hydroxyl groups excluding tert-OH is 2. The number of carbonyl (C=O) groups excluding carboxylic acids is 2. The zero-order valence-corrected chi connectivity index (χ0v) is 24.1. The predicted octanol–water partition coefficient (Wildman–Crippen LogP) is 3.39. The first-order valence-corrected chi connectivity index (χ1v) is 14.8. The molecule has 8 heteroatoms. The molecule has 0 heterocycles. The van der Waals surface area contributed by atoms with E-state index in [0.717, 1.165) is 56.3 Å². The molecule has 4 rings (SSSR count). The molecule has 0 aromatic carbocycles. The van der Waals surface area contributed by atoms with Crippen LogP contribution in [0.1, 0.15) is 85.0 Å². The first kappa shape index (κ1) is 29.3. The summed E-state index contributed by atoms with van der Waals surface area (Å²) in [5.41, 5.74) is 0.393. The van der Waals surface area contributed by atoms with Gasteiger partial charge in [0.1, 0.15) is 6.54 Å². The summed E-state index contributed by atoms with van der Waals surface area (Å²) in [4.78, 5) is 38.5.